The fourth-order valence-electron chi connectivity index (χ4n) is 3.12. The van der Waals surface area contributed by atoms with Crippen molar-refractivity contribution in [3.63, 3.8) is 0 Å². The second-order valence-electron chi connectivity index (χ2n) is 7.15. The molecule has 3 rings (SSSR count). The molecule has 10 heteroatoms. The van der Waals surface area contributed by atoms with Gasteiger partial charge in [0.25, 0.3) is 0 Å². The zero-order valence-corrected chi connectivity index (χ0v) is 21.3. The topological polar surface area (TPSA) is 88.4 Å². The van der Waals surface area contributed by atoms with Crippen molar-refractivity contribution in [2.24, 2.45) is 4.99 Å². The summed E-state index contributed by atoms with van der Waals surface area (Å²) in [5, 5.41) is 6.37. The van der Waals surface area contributed by atoms with Crippen LogP contribution in [0.25, 0.3) is 5.69 Å². The van der Waals surface area contributed by atoms with Crippen molar-refractivity contribution < 1.29 is 12.8 Å². The molecule has 1 heterocycles. The molecule has 0 radical (unpaired) electrons. The molecule has 0 saturated carbocycles. The van der Waals surface area contributed by atoms with E-state index >= 15 is 0 Å². The normalized spacial score (nSPS) is 11.7. The largest absolute Gasteiger partial charge is 0.356 e. The number of benzene rings is 2. The molecule has 0 bridgehead atoms. The number of aliphatic imine (C=N–C) groups is 1. The molecule has 7 nitrogen and oxygen atoms in total. The summed E-state index contributed by atoms with van der Waals surface area (Å²) in [5.41, 5.74) is 2.27. The summed E-state index contributed by atoms with van der Waals surface area (Å²) < 4.78 is 39.3. The van der Waals surface area contributed by atoms with Crippen LogP contribution in [0.3, 0.4) is 0 Å². The molecule has 0 aliphatic heterocycles. The molecule has 0 atom stereocenters. The van der Waals surface area contributed by atoms with Crippen LogP contribution >= 0.6 is 24.0 Å². The fraction of sp³-hybridized carbons (Fsp3) is 0.273. The minimum absolute atomic E-state index is 0. The van der Waals surface area contributed by atoms with Crippen molar-refractivity contribution in [3.05, 3.63) is 77.6 Å². The smallest absolute Gasteiger partial charge is 0.191 e. The number of aromatic nitrogens is 2. The number of hydrogen-bond donors (Lipinski definition) is 2. The van der Waals surface area contributed by atoms with Crippen molar-refractivity contribution in [1.29, 1.82) is 0 Å². The molecule has 2 N–H and O–H groups in total. The van der Waals surface area contributed by atoms with Gasteiger partial charge in [0, 0.05) is 38.8 Å². The molecule has 172 valence electrons. The van der Waals surface area contributed by atoms with Crippen molar-refractivity contribution in [3.8, 4) is 5.69 Å². The monoisotopic (exact) mass is 571 g/mol. The number of aryl methyl sites for hydroxylation is 1. The minimum atomic E-state index is -3.19. The minimum Gasteiger partial charge on any atom is -0.356 e. The maximum absolute atomic E-state index is 14.5. The van der Waals surface area contributed by atoms with E-state index in [9.17, 15) is 12.8 Å². The van der Waals surface area contributed by atoms with Gasteiger partial charge >= 0.3 is 0 Å². The first kappa shape index (κ1) is 25.8. The van der Waals surface area contributed by atoms with Crippen molar-refractivity contribution in [2.45, 2.75) is 24.8 Å². The Bertz CT molecular complexity index is 1180. The van der Waals surface area contributed by atoms with E-state index in [0.717, 1.165) is 17.0 Å². The third-order valence-corrected chi connectivity index (χ3v) is 5.97. The molecule has 1 aromatic heterocycles. The van der Waals surface area contributed by atoms with E-state index in [1.165, 1.54) is 12.3 Å². The molecule has 0 amide bonds. The lowest BCUT2D eigenvalue weighted by molar-refractivity contribution is 0.602. The molecule has 3 aromatic rings. The van der Waals surface area contributed by atoms with Crippen LogP contribution in [-0.4, -0.2) is 43.8 Å². The Morgan fingerprint density at radius 1 is 1.12 bits per heavy atom. The van der Waals surface area contributed by atoms with Crippen molar-refractivity contribution in [1.82, 2.24) is 20.2 Å². The molecule has 0 unspecified atom stereocenters. The van der Waals surface area contributed by atoms with Crippen LogP contribution in [-0.2, 0) is 22.8 Å². The van der Waals surface area contributed by atoms with Gasteiger partial charge in [-0.05, 0) is 48.7 Å². The van der Waals surface area contributed by atoms with Gasteiger partial charge in [0.15, 0.2) is 15.8 Å². The van der Waals surface area contributed by atoms with E-state index in [4.69, 9.17) is 0 Å². The lowest BCUT2D eigenvalue weighted by Gasteiger charge is -2.13. The maximum Gasteiger partial charge on any atom is 0.191 e. The van der Waals surface area contributed by atoms with Gasteiger partial charge < -0.3 is 15.2 Å². The lowest BCUT2D eigenvalue weighted by atomic mass is 10.1. The Balaban J connectivity index is 0.00000363. The summed E-state index contributed by atoms with van der Waals surface area (Å²) >= 11 is 0. The third-order valence-electron chi connectivity index (χ3n) is 4.84. The summed E-state index contributed by atoms with van der Waals surface area (Å²) in [4.78, 5) is 8.62. The number of hydrogen-bond acceptors (Lipinski definition) is 4. The Kier molecular flexibility index (Phi) is 9.20. The molecule has 32 heavy (non-hydrogen) atoms. The van der Waals surface area contributed by atoms with Gasteiger partial charge in [0.2, 0.25) is 0 Å². The van der Waals surface area contributed by atoms with Crippen LogP contribution in [0.4, 0.5) is 4.39 Å². The molecule has 2 aromatic carbocycles. The van der Waals surface area contributed by atoms with Crippen LogP contribution in [0.1, 0.15) is 17.0 Å². The van der Waals surface area contributed by atoms with E-state index in [1.807, 2.05) is 13.0 Å². The van der Waals surface area contributed by atoms with Crippen molar-refractivity contribution >= 4 is 39.8 Å². The lowest BCUT2D eigenvalue weighted by Crippen LogP contribution is -2.37. The molecular weight excluding hydrogens is 544 g/mol. The summed E-state index contributed by atoms with van der Waals surface area (Å²) in [6.45, 7) is 2.86. The van der Waals surface area contributed by atoms with Gasteiger partial charge in [-0.15, -0.1) is 24.0 Å². The van der Waals surface area contributed by atoms with Crippen LogP contribution in [0.2, 0.25) is 0 Å². The summed E-state index contributed by atoms with van der Waals surface area (Å²) in [5.74, 6) is 1.00. The average molecular weight is 571 g/mol. The van der Waals surface area contributed by atoms with E-state index in [1.54, 1.807) is 54.3 Å². The number of nitrogens with one attached hydrogen (secondary N) is 2. The van der Waals surface area contributed by atoms with Gasteiger partial charge in [-0.1, -0.05) is 18.2 Å². The number of rotatable bonds is 7. The fourth-order valence-corrected chi connectivity index (χ4v) is 3.75. The van der Waals surface area contributed by atoms with Crippen LogP contribution in [0.15, 0.2) is 64.7 Å². The van der Waals surface area contributed by atoms with E-state index in [2.05, 4.69) is 20.6 Å². The Morgan fingerprint density at radius 2 is 1.81 bits per heavy atom. The highest BCUT2D eigenvalue weighted by Gasteiger charge is 2.09. The predicted octanol–water partition coefficient (Wildman–Crippen LogP) is 3.25. The van der Waals surface area contributed by atoms with Crippen LogP contribution < -0.4 is 10.6 Å². The molecule has 0 saturated heterocycles. The maximum atomic E-state index is 14.5. The van der Waals surface area contributed by atoms with Gasteiger partial charge in [-0.2, -0.15) is 0 Å². The second-order valence-corrected chi connectivity index (χ2v) is 9.16. The van der Waals surface area contributed by atoms with E-state index in [-0.39, 0.29) is 29.8 Å². The quantitative estimate of drug-likeness (QED) is 0.258. The predicted molar refractivity (Wildman–Crippen MR) is 135 cm³/mol. The first-order chi connectivity index (χ1) is 14.8. The van der Waals surface area contributed by atoms with Gasteiger partial charge in [0.05, 0.1) is 10.6 Å². The summed E-state index contributed by atoms with van der Waals surface area (Å²) in [7, 11) is -1.52. The first-order valence-electron chi connectivity index (χ1n) is 9.80. The highest BCUT2D eigenvalue weighted by molar-refractivity contribution is 14.0. The highest BCUT2D eigenvalue weighted by Crippen LogP contribution is 2.16. The number of sulfone groups is 1. The Labute approximate surface area is 205 Å². The van der Waals surface area contributed by atoms with E-state index in [0.29, 0.717) is 36.1 Å². The second kappa shape index (κ2) is 11.4. The summed E-state index contributed by atoms with van der Waals surface area (Å²) in [6, 6.07) is 11.9. The van der Waals surface area contributed by atoms with Crippen molar-refractivity contribution in [2.75, 3.05) is 19.8 Å². The van der Waals surface area contributed by atoms with Crippen LogP contribution in [0.5, 0.6) is 0 Å². The molecule has 0 aliphatic rings. The summed E-state index contributed by atoms with van der Waals surface area (Å²) in [6.07, 6.45) is 5.27. The first-order valence-corrected chi connectivity index (χ1v) is 11.7. The Hall–Kier alpha value is -2.47. The average Bonchev–Trinajstić information content (AvgIpc) is 3.16. The van der Waals surface area contributed by atoms with Gasteiger partial charge in [-0.3, -0.25) is 4.99 Å². The molecule has 0 aliphatic carbocycles. The highest BCUT2D eigenvalue weighted by atomic mass is 127. The third kappa shape index (κ3) is 6.76. The van der Waals surface area contributed by atoms with Gasteiger partial charge in [-0.25, -0.2) is 17.8 Å². The van der Waals surface area contributed by atoms with E-state index < -0.39 is 9.84 Å². The molecular formula is C22H27FIN5O2S. The number of nitrogens with zero attached hydrogens (tertiary/aromatic N) is 3. The zero-order chi connectivity index (χ0) is 22.4. The van der Waals surface area contributed by atoms with Crippen LogP contribution in [0, 0.1) is 12.7 Å². The number of guanidine groups is 1. The van der Waals surface area contributed by atoms with Gasteiger partial charge in [0.1, 0.15) is 11.6 Å². The molecule has 0 spiro atoms. The number of halogens is 2. The molecule has 0 fully saturated rings. The number of imidazole rings is 1. The Morgan fingerprint density at radius 3 is 2.38 bits per heavy atom. The SMILES string of the molecule is CN=C(NCCc1ccc(S(C)(=O)=O)cc1)NCc1ccc(-n2ccnc2C)c(F)c1.I. The standard InChI is InChI=1S/C22H26FN5O2S.HI/c1-16-25-12-13-28(16)21-9-6-18(14-20(21)23)15-27-22(24-2)26-11-10-17-4-7-19(8-5-17)31(3,29)30;/h4-9,12-14H,10-11,15H2,1-3H3,(H2,24,26,27);1H. The zero-order valence-electron chi connectivity index (χ0n) is 18.2.